The number of nitrogens with one attached hydrogen (secondary N) is 1. The zero-order valence-corrected chi connectivity index (χ0v) is 14.0. The summed E-state index contributed by atoms with van der Waals surface area (Å²) in [5.74, 6) is -0.247. The van der Waals surface area contributed by atoms with Crippen molar-refractivity contribution in [2.45, 2.75) is 44.3 Å². The maximum Gasteiger partial charge on any atom is 0.435 e. The molecule has 3 rings (SSSR count). The first kappa shape index (κ1) is 17.8. The van der Waals surface area contributed by atoms with E-state index in [1.807, 2.05) is 0 Å². The quantitative estimate of drug-likeness (QED) is 0.898. The van der Waals surface area contributed by atoms with Crippen molar-refractivity contribution in [3.8, 4) is 0 Å². The molecule has 2 heterocycles. The number of carbonyl (C=O) groups excluding carboxylic acids is 2. The molecule has 0 unspecified atom stereocenters. The minimum atomic E-state index is -4.56. The first-order valence-electron chi connectivity index (χ1n) is 8.46. The van der Waals surface area contributed by atoms with Gasteiger partial charge in [-0.2, -0.15) is 18.3 Å². The van der Waals surface area contributed by atoms with Gasteiger partial charge in [0.2, 0.25) is 5.91 Å². The van der Waals surface area contributed by atoms with E-state index in [9.17, 15) is 22.8 Å². The first-order valence-corrected chi connectivity index (χ1v) is 8.46. The molecule has 2 aliphatic rings. The summed E-state index contributed by atoms with van der Waals surface area (Å²) in [6.45, 7) is 0.884. The Morgan fingerprint density at radius 1 is 1.24 bits per heavy atom. The minimum absolute atomic E-state index is 0.0135. The van der Waals surface area contributed by atoms with E-state index in [4.69, 9.17) is 0 Å². The lowest BCUT2D eigenvalue weighted by Crippen LogP contribution is -2.40. The van der Waals surface area contributed by atoms with Crippen molar-refractivity contribution >= 4 is 11.8 Å². The fraction of sp³-hybridized carbons (Fsp3) is 0.688. The second kappa shape index (κ2) is 6.68. The molecule has 0 aromatic carbocycles. The van der Waals surface area contributed by atoms with Gasteiger partial charge in [-0.15, -0.1) is 0 Å². The highest BCUT2D eigenvalue weighted by atomic mass is 19.4. The van der Waals surface area contributed by atoms with E-state index >= 15 is 0 Å². The lowest BCUT2D eigenvalue weighted by Gasteiger charge is -2.31. The van der Waals surface area contributed by atoms with Gasteiger partial charge in [-0.05, 0) is 31.6 Å². The molecule has 2 fully saturated rings. The molecule has 1 saturated carbocycles. The highest BCUT2D eigenvalue weighted by molar-refractivity contribution is 5.93. The second-order valence-corrected chi connectivity index (χ2v) is 6.70. The van der Waals surface area contributed by atoms with Crippen LogP contribution in [-0.2, 0) is 11.0 Å². The van der Waals surface area contributed by atoms with Crippen molar-refractivity contribution in [3.63, 3.8) is 0 Å². The molecule has 1 aliphatic heterocycles. The SMILES string of the molecule is CNC(=O)CC1CCN(C(=O)c2cc(C(F)(F)F)nn2C2CC2)CC1. The molecule has 9 heteroatoms. The van der Waals surface area contributed by atoms with Gasteiger partial charge < -0.3 is 10.2 Å². The Morgan fingerprint density at radius 2 is 1.88 bits per heavy atom. The van der Waals surface area contributed by atoms with Crippen molar-refractivity contribution in [2.75, 3.05) is 20.1 Å². The molecule has 25 heavy (non-hydrogen) atoms. The first-order chi connectivity index (χ1) is 11.8. The number of nitrogens with zero attached hydrogens (tertiary/aromatic N) is 3. The average molecular weight is 358 g/mol. The molecule has 0 radical (unpaired) electrons. The van der Waals surface area contributed by atoms with Gasteiger partial charge >= 0.3 is 6.18 Å². The molecular weight excluding hydrogens is 337 g/mol. The summed E-state index contributed by atoms with van der Waals surface area (Å²) in [6, 6.07) is 0.748. The number of hydrogen-bond acceptors (Lipinski definition) is 3. The smallest absolute Gasteiger partial charge is 0.359 e. The van der Waals surface area contributed by atoms with E-state index in [-0.39, 0.29) is 23.6 Å². The number of aromatic nitrogens is 2. The maximum atomic E-state index is 12.9. The van der Waals surface area contributed by atoms with Gasteiger partial charge in [0.05, 0.1) is 6.04 Å². The van der Waals surface area contributed by atoms with E-state index in [0.717, 1.165) is 18.9 Å². The highest BCUT2D eigenvalue weighted by Crippen LogP contribution is 2.38. The fourth-order valence-corrected chi connectivity index (χ4v) is 3.16. The lowest BCUT2D eigenvalue weighted by atomic mass is 9.93. The van der Waals surface area contributed by atoms with Crippen molar-refractivity contribution in [3.05, 3.63) is 17.5 Å². The van der Waals surface area contributed by atoms with Gasteiger partial charge in [0, 0.05) is 32.6 Å². The van der Waals surface area contributed by atoms with Crippen molar-refractivity contribution in [2.24, 2.45) is 5.92 Å². The summed E-state index contributed by atoms with van der Waals surface area (Å²) in [5, 5.41) is 6.19. The van der Waals surface area contributed by atoms with Gasteiger partial charge in [-0.3, -0.25) is 14.3 Å². The van der Waals surface area contributed by atoms with Crippen molar-refractivity contribution in [1.29, 1.82) is 0 Å². The van der Waals surface area contributed by atoms with E-state index in [2.05, 4.69) is 10.4 Å². The molecule has 1 aromatic rings. The van der Waals surface area contributed by atoms with Gasteiger partial charge in [-0.25, -0.2) is 0 Å². The predicted molar refractivity (Wildman–Crippen MR) is 82.8 cm³/mol. The molecule has 1 aliphatic carbocycles. The Labute approximate surface area is 143 Å². The summed E-state index contributed by atoms with van der Waals surface area (Å²) in [5.41, 5.74) is -1.00. The Morgan fingerprint density at radius 3 is 2.40 bits per heavy atom. The van der Waals surface area contributed by atoms with Crippen LogP contribution in [0.25, 0.3) is 0 Å². The topological polar surface area (TPSA) is 67.2 Å². The van der Waals surface area contributed by atoms with Crippen LogP contribution < -0.4 is 5.32 Å². The molecule has 1 N–H and O–H groups in total. The van der Waals surface area contributed by atoms with Gasteiger partial charge in [0.15, 0.2) is 5.69 Å². The normalized spacial score (nSPS) is 19.1. The molecule has 138 valence electrons. The number of likely N-dealkylation sites (tertiary alicyclic amines) is 1. The molecule has 1 aromatic heterocycles. The summed E-state index contributed by atoms with van der Waals surface area (Å²) < 4.78 is 40.1. The van der Waals surface area contributed by atoms with Gasteiger partial charge in [-0.1, -0.05) is 0 Å². The largest absolute Gasteiger partial charge is 0.435 e. The zero-order chi connectivity index (χ0) is 18.2. The van der Waals surface area contributed by atoms with E-state index in [0.29, 0.717) is 32.4 Å². The Hall–Kier alpha value is -2.06. The summed E-state index contributed by atoms with van der Waals surface area (Å²) in [4.78, 5) is 25.7. The third kappa shape index (κ3) is 3.96. The number of piperidine rings is 1. The van der Waals surface area contributed by atoms with Gasteiger partial charge in [0.25, 0.3) is 5.91 Å². The molecule has 6 nitrogen and oxygen atoms in total. The molecule has 0 bridgehead atoms. The third-order valence-corrected chi connectivity index (χ3v) is 4.79. The molecule has 2 amide bonds. The summed E-state index contributed by atoms with van der Waals surface area (Å²) >= 11 is 0. The van der Waals surface area contributed by atoms with Crippen LogP contribution in [0.3, 0.4) is 0 Å². The van der Waals surface area contributed by atoms with Crippen LogP contribution in [0.1, 0.15) is 54.3 Å². The maximum absolute atomic E-state index is 12.9. The predicted octanol–water partition coefficient (Wildman–Crippen LogP) is 2.23. The Bertz CT molecular complexity index is 659. The minimum Gasteiger partial charge on any atom is -0.359 e. The Kier molecular flexibility index (Phi) is 4.75. The number of amides is 2. The molecule has 0 spiro atoms. The Balaban J connectivity index is 1.69. The number of hydrogen-bond donors (Lipinski definition) is 1. The third-order valence-electron chi connectivity index (χ3n) is 4.79. The average Bonchev–Trinajstić information content (AvgIpc) is 3.31. The summed E-state index contributed by atoms with van der Waals surface area (Å²) in [7, 11) is 1.58. The molecular formula is C16H21F3N4O2. The fourth-order valence-electron chi connectivity index (χ4n) is 3.16. The van der Waals surface area contributed by atoms with Crippen LogP contribution in [0.2, 0.25) is 0 Å². The van der Waals surface area contributed by atoms with E-state index in [1.165, 1.54) is 4.68 Å². The van der Waals surface area contributed by atoms with Crippen LogP contribution in [0.5, 0.6) is 0 Å². The lowest BCUT2D eigenvalue weighted by molar-refractivity contribution is -0.141. The summed E-state index contributed by atoms with van der Waals surface area (Å²) in [6.07, 6.45) is -1.32. The standard InChI is InChI=1S/C16H21F3N4O2/c1-20-14(24)8-10-4-6-22(7-5-10)15(25)12-9-13(16(17,18)19)21-23(12)11-2-3-11/h9-11H,2-8H2,1H3,(H,20,24). The molecule has 1 saturated heterocycles. The van der Waals surface area contributed by atoms with E-state index < -0.39 is 17.8 Å². The van der Waals surface area contributed by atoms with Crippen molar-refractivity contribution in [1.82, 2.24) is 20.0 Å². The zero-order valence-electron chi connectivity index (χ0n) is 14.0. The van der Waals surface area contributed by atoms with Gasteiger partial charge in [0.1, 0.15) is 5.69 Å². The number of halogens is 3. The van der Waals surface area contributed by atoms with Crippen LogP contribution in [0.15, 0.2) is 6.07 Å². The number of carbonyl (C=O) groups is 2. The van der Waals surface area contributed by atoms with Crippen LogP contribution in [0, 0.1) is 5.92 Å². The van der Waals surface area contributed by atoms with Crippen molar-refractivity contribution < 1.29 is 22.8 Å². The van der Waals surface area contributed by atoms with Crippen LogP contribution in [-0.4, -0.2) is 46.6 Å². The second-order valence-electron chi connectivity index (χ2n) is 6.70. The van der Waals surface area contributed by atoms with Crippen LogP contribution >= 0.6 is 0 Å². The number of alkyl halides is 3. The highest BCUT2D eigenvalue weighted by Gasteiger charge is 2.39. The molecule has 0 atom stereocenters. The number of rotatable bonds is 4. The van der Waals surface area contributed by atoms with Crippen LogP contribution in [0.4, 0.5) is 13.2 Å². The monoisotopic (exact) mass is 358 g/mol. The van der Waals surface area contributed by atoms with E-state index in [1.54, 1.807) is 11.9 Å².